The number of hydrogen-bond acceptors (Lipinski definition) is 3. The van der Waals surface area contributed by atoms with E-state index in [1.54, 1.807) is 0 Å². The fraction of sp³-hybridized carbons (Fsp3) is 0.192. The summed E-state index contributed by atoms with van der Waals surface area (Å²) in [6.07, 6.45) is 4.51. The van der Waals surface area contributed by atoms with Gasteiger partial charge in [-0.25, -0.2) is 0 Å². The quantitative estimate of drug-likeness (QED) is 0.479. The van der Waals surface area contributed by atoms with Crippen molar-refractivity contribution in [3.8, 4) is 22.5 Å². The van der Waals surface area contributed by atoms with Crippen LogP contribution in [0, 0.1) is 0 Å². The third kappa shape index (κ3) is 4.12. The summed E-state index contributed by atoms with van der Waals surface area (Å²) in [5, 5.41) is 11.8. The third-order valence-electron chi connectivity index (χ3n) is 5.74. The Kier molecular flexibility index (Phi) is 5.31. The lowest BCUT2D eigenvalue weighted by atomic mass is 10.0. The minimum absolute atomic E-state index is 0.128. The van der Waals surface area contributed by atoms with Crippen molar-refractivity contribution in [3.63, 3.8) is 0 Å². The van der Waals surface area contributed by atoms with Gasteiger partial charge in [0.05, 0.1) is 0 Å². The van der Waals surface area contributed by atoms with Crippen LogP contribution in [0.2, 0.25) is 0 Å². The lowest BCUT2D eigenvalue weighted by Crippen LogP contribution is -2.12. The van der Waals surface area contributed by atoms with Gasteiger partial charge in [0.1, 0.15) is 5.82 Å². The van der Waals surface area contributed by atoms with Crippen LogP contribution in [0.1, 0.15) is 35.4 Å². The molecule has 1 aliphatic rings. The molecule has 154 valence electrons. The van der Waals surface area contributed by atoms with Gasteiger partial charge in [0.25, 0.3) is 5.91 Å². The highest BCUT2D eigenvalue weighted by atomic mass is 16.1. The maximum Gasteiger partial charge on any atom is 0.255 e. The number of amides is 1. The molecule has 0 spiro atoms. The van der Waals surface area contributed by atoms with Crippen LogP contribution in [0.15, 0.2) is 78.9 Å². The molecule has 1 aliphatic heterocycles. The molecule has 5 nitrogen and oxygen atoms in total. The van der Waals surface area contributed by atoms with Gasteiger partial charge in [-0.05, 0) is 48.2 Å². The molecule has 0 saturated carbocycles. The highest BCUT2D eigenvalue weighted by Crippen LogP contribution is 2.25. The number of rotatable bonds is 4. The number of carbonyl (C=O) groups excluding carboxylic acids is 1. The fourth-order valence-corrected chi connectivity index (χ4v) is 4.08. The smallest absolute Gasteiger partial charge is 0.255 e. The molecular formula is C26H24N4O. The zero-order chi connectivity index (χ0) is 21.0. The molecule has 1 N–H and O–H groups in total. The van der Waals surface area contributed by atoms with Gasteiger partial charge in [0, 0.05) is 29.8 Å². The summed E-state index contributed by atoms with van der Waals surface area (Å²) in [6.45, 7) is 0.946. The van der Waals surface area contributed by atoms with Crippen LogP contribution < -0.4 is 5.32 Å². The van der Waals surface area contributed by atoms with Crippen LogP contribution in [0.25, 0.3) is 22.5 Å². The van der Waals surface area contributed by atoms with Crippen LogP contribution in [0.4, 0.5) is 5.69 Å². The average Bonchev–Trinajstić information content (AvgIpc) is 3.08. The van der Waals surface area contributed by atoms with E-state index < -0.39 is 0 Å². The first-order valence-corrected chi connectivity index (χ1v) is 10.8. The minimum atomic E-state index is -0.128. The van der Waals surface area contributed by atoms with Gasteiger partial charge >= 0.3 is 0 Å². The van der Waals surface area contributed by atoms with E-state index in [4.69, 9.17) is 0 Å². The summed E-state index contributed by atoms with van der Waals surface area (Å²) in [5.74, 6) is 1.80. The lowest BCUT2D eigenvalue weighted by molar-refractivity contribution is 0.102. The van der Waals surface area contributed by atoms with Crippen LogP contribution in [-0.2, 0) is 13.0 Å². The van der Waals surface area contributed by atoms with E-state index in [2.05, 4.69) is 32.2 Å². The van der Waals surface area contributed by atoms with Gasteiger partial charge in [0.15, 0.2) is 5.82 Å². The molecule has 0 saturated heterocycles. The Morgan fingerprint density at radius 2 is 1.55 bits per heavy atom. The predicted octanol–water partition coefficient (Wildman–Crippen LogP) is 5.59. The minimum Gasteiger partial charge on any atom is -0.322 e. The molecule has 31 heavy (non-hydrogen) atoms. The second kappa shape index (κ2) is 8.56. The third-order valence-corrected chi connectivity index (χ3v) is 5.74. The van der Waals surface area contributed by atoms with Crippen molar-refractivity contribution in [2.45, 2.75) is 32.2 Å². The second-order valence-electron chi connectivity index (χ2n) is 7.88. The number of aromatic nitrogens is 3. The van der Waals surface area contributed by atoms with Gasteiger partial charge in [-0.3, -0.25) is 4.79 Å². The molecule has 0 fully saturated rings. The van der Waals surface area contributed by atoms with E-state index >= 15 is 0 Å². The topological polar surface area (TPSA) is 59.8 Å². The first-order chi connectivity index (χ1) is 15.3. The van der Waals surface area contributed by atoms with E-state index in [0.29, 0.717) is 5.56 Å². The van der Waals surface area contributed by atoms with Crippen molar-refractivity contribution in [3.05, 3.63) is 90.3 Å². The first-order valence-electron chi connectivity index (χ1n) is 10.8. The number of nitrogens with one attached hydrogen (secondary N) is 1. The van der Waals surface area contributed by atoms with Crippen LogP contribution in [-0.4, -0.2) is 20.7 Å². The van der Waals surface area contributed by atoms with E-state index in [0.717, 1.165) is 59.8 Å². The Morgan fingerprint density at radius 3 is 2.39 bits per heavy atom. The SMILES string of the molecule is O=C(Nc1cccc(-c2nnc3n2CCCCC3)c1)c1ccc(-c2ccccc2)cc1. The van der Waals surface area contributed by atoms with Crippen LogP contribution >= 0.6 is 0 Å². The predicted molar refractivity (Wildman–Crippen MR) is 123 cm³/mol. The number of hydrogen-bond donors (Lipinski definition) is 1. The molecular weight excluding hydrogens is 384 g/mol. The Balaban J connectivity index is 1.34. The highest BCUT2D eigenvalue weighted by Gasteiger charge is 2.16. The summed E-state index contributed by atoms with van der Waals surface area (Å²) < 4.78 is 2.22. The van der Waals surface area contributed by atoms with Gasteiger partial charge in [-0.2, -0.15) is 0 Å². The maximum absolute atomic E-state index is 12.8. The molecule has 0 atom stereocenters. The zero-order valence-electron chi connectivity index (χ0n) is 17.3. The second-order valence-corrected chi connectivity index (χ2v) is 7.88. The molecule has 0 radical (unpaired) electrons. The standard InChI is InChI=1S/C26H24N4O/c31-26(21-15-13-20(14-16-21)19-8-3-1-4-9-19)27-23-11-7-10-22(18-23)25-29-28-24-12-5-2-6-17-30(24)25/h1,3-4,7-11,13-16,18H,2,5-6,12,17H2,(H,27,31). The molecule has 5 rings (SSSR count). The molecule has 0 unspecified atom stereocenters. The molecule has 0 aliphatic carbocycles. The molecule has 2 heterocycles. The summed E-state index contributed by atoms with van der Waals surface area (Å²) in [6, 6.07) is 25.7. The van der Waals surface area contributed by atoms with E-state index in [9.17, 15) is 4.79 Å². The largest absolute Gasteiger partial charge is 0.322 e. The monoisotopic (exact) mass is 408 g/mol. The Hall–Kier alpha value is -3.73. The number of benzene rings is 3. The van der Waals surface area contributed by atoms with Crippen molar-refractivity contribution in [2.75, 3.05) is 5.32 Å². The normalized spacial score (nSPS) is 13.3. The molecule has 3 aromatic carbocycles. The number of aryl methyl sites for hydroxylation is 1. The number of fused-ring (bicyclic) bond motifs is 1. The van der Waals surface area contributed by atoms with E-state index in [1.165, 1.54) is 6.42 Å². The summed E-state index contributed by atoms with van der Waals surface area (Å²) in [7, 11) is 0. The number of carbonyl (C=O) groups is 1. The van der Waals surface area contributed by atoms with E-state index in [-0.39, 0.29) is 5.91 Å². The number of anilines is 1. The Morgan fingerprint density at radius 1 is 0.774 bits per heavy atom. The molecule has 5 heteroatoms. The van der Waals surface area contributed by atoms with Crippen molar-refractivity contribution in [1.29, 1.82) is 0 Å². The molecule has 0 bridgehead atoms. The van der Waals surface area contributed by atoms with Gasteiger partial charge in [0.2, 0.25) is 0 Å². The molecule has 4 aromatic rings. The maximum atomic E-state index is 12.8. The molecule has 1 aromatic heterocycles. The Labute approximate surface area is 181 Å². The van der Waals surface area contributed by atoms with Crippen molar-refractivity contribution in [1.82, 2.24) is 14.8 Å². The number of nitrogens with zero attached hydrogens (tertiary/aromatic N) is 3. The highest BCUT2D eigenvalue weighted by molar-refractivity contribution is 6.04. The summed E-state index contributed by atoms with van der Waals surface area (Å²) in [4.78, 5) is 12.8. The van der Waals surface area contributed by atoms with Gasteiger partial charge < -0.3 is 9.88 Å². The van der Waals surface area contributed by atoms with Crippen molar-refractivity contribution < 1.29 is 4.79 Å². The fourth-order valence-electron chi connectivity index (χ4n) is 4.08. The van der Waals surface area contributed by atoms with Crippen LogP contribution in [0.3, 0.4) is 0 Å². The van der Waals surface area contributed by atoms with Crippen molar-refractivity contribution in [2.24, 2.45) is 0 Å². The summed E-state index contributed by atoms with van der Waals surface area (Å²) in [5.41, 5.74) is 4.57. The molecule has 1 amide bonds. The Bertz CT molecular complexity index is 1200. The average molecular weight is 409 g/mol. The summed E-state index contributed by atoms with van der Waals surface area (Å²) >= 11 is 0. The lowest BCUT2D eigenvalue weighted by Gasteiger charge is -2.10. The van der Waals surface area contributed by atoms with Crippen LogP contribution in [0.5, 0.6) is 0 Å². The van der Waals surface area contributed by atoms with Gasteiger partial charge in [-0.1, -0.05) is 61.0 Å². The van der Waals surface area contributed by atoms with E-state index in [1.807, 2.05) is 66.7 Å². The zero-order valence-corrected chi connectivity index (χ0v) is 17.3. The first kappa shape index (κ1) is 19.2. The van der Waals surface area contributed by atoms with Crippen molar-refractivity contribution >= 4 is 11.6 Å². The van der Waals surface area contributed by atoms with Gasteiger partial charge in [-0.15, -0.1) is 10.2 Å².